The zero-order valence-electron chi connectivity index (χ0n) is 14.8. The molecule has 2 N–H and O–H groups in total. The third-order valence-corrected chi connectivity index (χ3v) is 4.99. The van der Waals surface area contributed by atoms with Crippen molar-refractivity contribution in [1.82, 2.24) is 10.6 Å². The standard InChI is InChI=1S/C19H26FN3O2/c1-13(2)22-18(24)19(7-9-21-10-8-19)12-16-11-17(23-25-16)14-3-5-15(20)6-4-14/h3-6,13,16,21H,7-12H2,1-2H3,(H,22,24)/t16-/m1/s1. The molecular weight excluding hydrogens is 321 g/mol. The van der Waals surface area contributed by atoms with E-state index < -0.39 is 5.41 Å². The molecule has 0 aliphatic carbocycles. The molecular formula is C19H26FN3O2. The summed E-state index contributed by atoms with van der Waals surface area (Å²) >= 11 is 0. The average Bonchev–Trinajstić information content (AvgIpc) is 3.04. The van der Waals surface area contributed by atoms with Crippen LogP contribution in [-0.2, 0) is 9.63 Å². The molecule has 1 amide bonds. The summed E-state index contributed by atoms with van der Waals surface area (Å²) in [7, 11) is 0. The lowest BCUT2D eigenvalue weighted by atomic mass is 9.73. The lowest BCUT2D eigenvalue weighted by molar-refractivity contribution is -0.135. The van der Waals surface area contributed by atoms with Gasteiger partial charge in [0, 0.05) is 18.9 Å². The van der Waals surface area contributed by atoms with E-state index in [1.165, 1.54) is 12.1 Å². The zero-order valence-corrected chi connectivity index (χ0v) is 14.8. The summed E-state index contributed by atoms with van der Waals surface area (Å²) in [5.41, 5.74) is 1.28. The normalized spacial score (nSPS) is 22.4. The minimum absolute atomic E-state index is 0.114. The molecule has 0 radical (unpaired) electrons. The summed E-state index contributed by atoms with van der Waals surface area (Å²) in [6.45, 7) is 5.64. The predicted molar refractivity (Wildman–Crippen MR) is 94.9 cm³/mol. The summed E-state index contributed by atoms with van der Waals surface area (Å²) in [6.07, 6.45) is 2.79. The van der Waals surface area contributed by atoms with Crippen molar-refractivity contribution in [2.75, 3.05) is 13.1 Å². The van der Waals surface area contributed by atoms with Gasteiger partial charge in [-0.25, -0.2) is 4.39 Å². The van der Waals surface area contributed by atoms with E-state index in [9.17, 15) is 9.18 Å². The first kappa shape index (κ1) is 17.9. The highest BCUT2D eigenvalue weighted by Gasteiger charge is 2.43. The van der Waals surface area contributed by atoms with E-state index in [4.69, 9.17) is 4.84 Å². The van der Waals surface area contributed by atoms with Gasteiger partial charge >= 0.3 is 0 Å². The first-order valence-corrected chi connectivity index (χ1v) is 8.99. The van der Waals surface area contributed by atoms with Crippen LogP contribution >= 0.6 is 0 Å². The SMILES string of the molecule is CC(C)NC(=O)C1(C[C@H]2CC(c3ccc(F)cc3)=NO2)CCNCC1. The van der Waals surface area contributed by atoms with Gasteiger partial charge in [-0.15, -0.1) is 0 Å². The van der Waals surface area contributed by atoms with E-state index in [-0.39, 0.29) is 23.9 Å². The molecule has 0 aromatic heterocycles. The Morgan fingerprint density at radius 2 is 2.04 bits per heavy atom. The molecule has 6 heteroatoms. The number of carbonyl (C=O) groups is 1. The Morgan fingerprint density at radius 3 is 2.68 bits per heavy atom. The second-order valence-corrected chi connectivity index (χ2v) is 7.34. The van der Waals surface area contributed by atoms with Gasteiger partial charge in [-0.3, -0.25) is 4.79 Å². The fourth-order valence-electron chi connectivity index (χ4n) is 3.63. The Morgan fingerprint density at radius 1 is 1.36 bits per heavy atom. The van der Waals surface area contributed by atoms with Crippen molar-refractivity contribution in [3.8, 4) is 0 Å². The predicted octanol–water partition coefficient (Wildman–Crippen LogP) is 2.60. The zero-order chi connectivity index (χ0) is 17.9. The van der Waals surface area contributed by atoms with Crippen molar-refractivity contribution in [3.63, 3.8) is 0 Å². The molecule has 3 rings (SSSR count). The number of piperidine rings is 1. The van der Waals surface area contributed by atoms with Gasteiger partial charge in [0.25, 0.3) is 0 Å². The third-order valence-electron chi connectivity index (χ3n) is 4.99. The molecule has 0 bridgehead atoms. The minimum Gasteiger partial charge on any atom is -0.392 e. The number of oxime groups is 1. The molecule has 0 saturated carbocycles. The number of amides is 1. The van der Waals surface area contributed by atoms with Crippen molar-refractivity contribution in [1.29, 1.82) is 0 Å². The van der Waals surface area contributed by atoms with Gasteiger partial charge < -0.3 is 15.5 Å². The Bertz CT molecular complexity index is 637. The van der Waals surface area contributed by atoms with Gasteiger partial charge in [-0.2, -0.15) is 0 Å². The van der Waals surface area contributed by atoms with E-state index in [0.29, 0.717) is 12.8 Å². The Balaban J connectivity index is 1.67. The number of nitrogens with zero attached hydrogens (tertiary/aromatic N) is 1. The molecule has 2 aliphatic rings. The van der Waals surface area contributed by atoms with Crippen LogP contribution in [0.3, 0.4) is 0 Å². The lowest BCUT2D eigenvalue weighted by Gasteiger charge is -2.38. The Hall–Kier alpha value is -1.95. The molecule has 25 heavy (non-hydrogen) atoms. The molecule has 2 heterocycles. The van der Waals surface area contributed by atoms with Gasteiger partial charge in [0.1, 0.15) is 11.9 Å². The number of rotatable bonds is 5. The average molecular weight is 347 g/mol. The topological polar surface area (TPSA) is 62.7 Å². The largest absolute Gasteiger partial charge is 0.392 e. The van der Waals surface area contributed by atoms with Gasteiger partial charge in [0.05, 0.1) is 11.1 Å². The van der Waals surface area contributed by atoms with Crippen LogP contribution in [0.4, 0.5) is 4.39 Å². The second kappa shape index (κ2) is 7.52. The monoisotopic (exact) mass is 347 g/mol. The number of hydrogen-bond donors (Lipinski definition) is 2. The van der Waals surface area contributed by atoms with Crippen LogP contribution in [0, 0.1) is 11.2 Å². The molecule has 0 unspecified atom stereocenters. The summed E-state index contributed by atoms with van der Waals surface area (Å²) < 4.78 is 13.1. The van der Waals surface area contributed by atoms with Gasteiger partial charge in [0.15, 0.2) is 0 Å². The van der Waals surface area contributed by atoms with Crippen LogP contribution < -0.4 is 10.6 Å². The molecule has 2 aliphatic heterocycles. The first-order chi connectivity index (χ1) is 12.0. The fourth-order valence-corrected chi connectivity index (χ4v) is 3.63. The molecule has 5 nitrogen and oxygen atoms in total. The van der Waals surface area contributed by atoms with Crippen LogP contribution in [-0.4, -0.2) is 36.9 Å². The smallest absolute Gasteiger partial charge is 0.226 e. The minimum atomic E-state index is -0.409. The Labute approximate surface area is 148 Å². The number of benzene rings is 1. The lowest BCUT2D eigenvalue weighted by Crippen LogP contribution is -2.50. The molecule has 1 saturated heterocycles. The van der Waals surface area contributed by atoms with Crippen molar-refractivity contribution >= 4 is 11.6 Å². The maximum absolute atomic E-state index is 13.1. The highest BCUT2D eigenvalue weighted by molar-refractivity contribution is 6.01. The summed E-state index contributed by atoms with van der Waals surface area (Å²) in [6, 6.07) is 6.40. The van der Waals surface area contributed by atoms with Crippen molar-refractivity contribution < 1.29 is 14.0 Å². The number of carbonyl (C=O) groups excluding carboxylic acids is 1. The molecule has 0 spiro atoms. The van der Waals surface area contributed by atoms with Crippen LogP contribution in [0.5, 0.6) is 0 Å². The van der Waals surface area contributed by atoms with Crippen LogP contribution in [0.25, 0.3) is 0 Å². The molecule has 1 atom stereocenters. The number of hydrogen-bond acceptors (Lipinski definition) is 4. The summed E-state index contributed by atoms with van der Waals surface area (Å²) in [5.74, 6) is -0.151. The fraction of sp³-hybridized carbons (Fsp3) is 0.579. The maximum Gasteiger partial charge on any atom is 0.226 e. The maximum atomic E-state index is 13.1. The molecule has 1 fully saturated rings. The summed E-state index contributed by atoms with van der Waals surface area (Å²) in [5, 5.41) is 10.6. The van der Waals surface area contributed by atoms with Crippen molar-refractivity contribution in [3.05, 3.63) is 35.6 Å². The van der Waals surface area contributed by atoms with E-state index in [0.717, 1.165) is 37.2 Å². The van der Waals surface area contributed by atoms with E-state index in [2.05, 4.69) is 15.8 Å². The third kappa shape index (κ3) is 4.18. The number of nitrogens with one attached hydrogen (secondary N) is 2. The van der Waals surface area contributed by atoms with E-state index in [1.54, 1.807) is 12.1 Å². The van der Waals surface area contributed by atoms with E-state index in [1.807, 2.05) is 13.8 Å². The summed E-state index contributed by atoms with van der Waals surface area (Å²) in [4.78, 5) is 18.5. The van der Waals surface area contributed by atoms with E-state index >= 15 is 0 Å². The highest BCUT2D eigenvalue weighted by atomic mass is 19.1. The van der Waals surface area contributed by atoms with Crippen molar-refractivity contribution in [2.45, 2.75) is 51.7 Å². The number of halogens is 1. The van der Waals surface area contributed by atoms with Crippen LogP contribution in [0.2, 0.25) is 0 Å². The molecule has 1 aromatic rings. The quantitative estimate of drug-likeness (QED) is 0.861. The van der Waals surface area contributed by atoms with Gasteiger partial charge in [-0.1, -0.05) is 17.3 Å². The Kier molecular flexibility index (Phi) is 5.37. The molecule has 136 valence electrons. The van der Waals surface area contributed by atoms with Crippen LogP contribution in [0.1, 0.15) is 45.1 Å². The molecule has 1 aromatic carbocycles. The van der Waals surface area contributed by atoms with Crippen molar-refractivity contribution in [2.24, 2.45) is 10.6 Å². The highest BCUT2D eigenvalue weighted by Crippen LogP contribution is 2.37. The van der Waals surface area contributed by atoms with Gasteiger partial charge in [-0.05, 0) is 57.5 Å². The van der Waals surface area contributed by atoms with Crippen LogP contribution in [0.15, 0.2) is 29.4 Å². The van der Waals surface area contributed by atoms with Gasteiger partial charge in [0.2, 0.25) is 5.91 Å². The first-order valence-electron chi connectivity index (χ1n) is 8.99. The second-order valence-electron chi connectivity index (χ2n) is 7.34.